The van der Waals surface area contributed by atoms with Crippen molar-refractivity contribution in [3.05, 3.63) is 35.9 Å². The first-order chi connectivity index (χ1) is 7.98. The van der Waals surface area contributed by atoms with Gasteiger partial charge in [0.1, 0.15) is 0 Å². The third-order valence-corrected chi connectivity index (χ3v) is 2.68. The molecule has 1 N–H and O–H groups in total. The summed E-state index contributed by atoms with van der Waals surface area (Å²) in [6.45, 7) is 0. The van der Waals surface area contributed by atoms with Crippen molar-refractivity contribution in [2.45, 2.75) is 11.8 Å². The molecule has 0 bridgehead atoms. The maximum absolute atomic E-state index is 12.8. The van der Waals surface area contributed by atoms with E-state index in [1.165, 1.54) is 0 Å². The Morgan fingerprint density at radius 2 is 1.94 bits per heavy atom. The number of hydrogen-bond donors (Lipinski definition) is 1. The van der Waals surface area contributed by atoms with E-state index in [1.807, 2.05) is 5.48 Å². The number of alkyl halides is 4. The molecule has 0 saturated carbocycles. The van der Waals surface area contributed by atoms with E-state index in [9.17, 15) is 13.2 Å². The van der Waals surface area contributed by atoms with Crippen LogP contribution in [-0.4, -0.2) is 23.6 Å². The van der Waals surface area contributed by atoms with Gasteiger partial charge in [-0.2, -0.15) is 13.2 Å². The van der Waals surface area contributed by atoms with E-state index in [-0.39, 0.29) is 5.90 Å². The lowest BCUT2D eigenvalue weighted by molar-refractivity contribution is -0.200. The summed E-state index contributed by atoms with van der Waals surface area (Å²) >= 11 is 5.33. The van der Waals surface area contributed by atoms with Gasteiger partial charge in [0.15, 0.2) is 0 Å². The maximum Gasteiger partial charge on any atom is 0.431 e. The first kappa shape index (κ1) is 12.2. The van der Waals surface area contributed by atoms with Gasteiger partial charge in [0.2, 0.25) is 5.90 Å². The number of nitrogens with one attached hydrogen (secondary N) is 1. The Kier molecular flexibility index (Phi) is 3.01. The standard InChI is InChI=1S/C10H8ClF3N2O/c11-6-9(10(12,13)14)15-8(17-16-9)7-4-2-1-3-5-7/h1-5,16H,6H2/t9-/m1/s1. The third kappa shape index (κ3) is 2.10. The molecule has 92 valence electrons. The van der Waals surface area contributed by atoms with Crippen molar-refractivity contribution < 1.29 is 18.0 Å². The third-order valence-electron chi connectivity index (χ3n) is 2.29. The van der Waals surface area contributed by atoms with E-state index in [1.54, 1.807) is 30.3 Å². The van der Waals surface area contributed by atoms with Crippen LogP contribution in [0.5, 0.6) is 0 Å². The minimum atomic E-state index is -4.62. The molecule has 0 aliphatic carbocycles. The molecule has 0 saturated heterocycles. The van der Waals surface area contributed by atoms with Crippen LogP contribution in [0.25, 0.3) is 0 Å². The zero-order valence-corrected chi connectivity index (χ0v) is 9.22. The lowest BCUT2D eigenvalue weighted by Gasteiger charge is -2.24. The molecule has 17 heavy (non-hydrogen) atoms. The zero-order chi connectivity index (χ0) is 12.5. The lowest BCUT2D eigenvalue weighted by Crippen LogP contribution is -2.53. The van der Waals surface area contributed by atoms with Gasteiger partial charge in [0.25, 0.3) is 5.66 Å². The van der Waals surface area contributed by atoms with Gasteiger partial charge in [-0.3, -0.25) is 0 Å². The SMILES string of the molecule is FC(F)(F)[C@]1(CCl)N=C(c2ccccc2)ON1. The predicted molar refractivity (Wildman–Crippen MR) is 56.7 cm³/mol. The number of halogens is 4. The Hall–Kier alpha value is -1.27. The second-order valence-electron chi connectivity index (χ2n) is 3.48. The molecule has 2 rings (SSSR count). The molecule has 0 radical (unpaired) electrons. The van der Waals surface area contributed by atoms with Gasteiger partial charge in [0.05, 0.1) is 5.88 Å². The molecule has 0 unspecified atom stereocenters. The number of aliphatic imine (C=N–C) groups is 1. The topological polar surface area (TPSA) is 33.6 Å². The fourth-order valence-corrected chi connectivity index (χ4v) is 1.58. The highest BCUT2D eigenvalue weighted by Crippen LogP contribution is 2.35. The van der Waals surface area contributed by atoms with Crippen molar-refractivity contribution in [1.29, 1.82) is 0 Å². The van der Waals surface area contributed by atoms with Gasteiger partial charge in [0, 0.05) is 5.56 Å². The highest BCUT2D eigenvalue weighted by atomic mass is 35.5. The van der Waals surface area contributed by atoms with E-state index < -0.39 is 17.7 Å². The van der Waals surface area contributed by atoms with Crippen LogP contribution in [0, 0.1) is 0 Å². The van der Waals surface area contributed by atoms with E-state index in [2.05, 4.69) is 4.99 Å². The van der Waals surface area contributed by atoms with Crippen LogP contribution in [0.2, 0.25) is 0 Å². The van der Waals surface area contributed by atoms with Crippen LogP contribution in [-0.2, 0) is 4.84 Å². The first-order valence-electron chi connectivity index (χ1n) is 4.70. The Morgan fingerprint density at radius 3 is 2.41 bits per heavy atom. The molecular weight excluding hydrogens is 257 g/mol. The molecule has 1 atom stereocenters. The Balaban J connectivity index is 2.36. The summed E-state index contributed by atoms with van der Waals surface area (Å²) in [4.78, 5) is 8.27. The number of rotatable bonds is 2. The zero-order valence-electron chi connectivity index (χ0n) is 8.46. The van der Waals surface area contributed by atoms with Gasteiger partial charge >= 0.3 is 6.18 Å². The minimum Gasteiger partial charge on any atom is -0.385 e. The summed E-state index contributed by atoms with van der Waals surface area (Å²) in [5.74, 6) is -0.879. The van der Waals surface area contributed by atoms with E-state index in [0.29, 0.717) is 5.56 Å². The second kappa shape index (κ2) is 4.19. The average Bonchev–Trinajstić information content (AvgIpc) is 2.75. The van der Waals surface area contributed by atoms with E-state index in [4.69, 9.17) is 16.4 Å². The number of hydroxylamine groups is 1. The maximum atomic E-state index is 12.8. The van der Waals surface area contributed by atoms with Crippen LogP contribution in [0.4, 0.5) is 13.2 Å². The number of benzene rings is 1. The highest BCUT2D eigenvalue weighted by molar-refractivity contribution is 6.19. The van der Waals surface area contributed by atoms with Crippen LogP contribution >= 0.6 is 11.6 Å². The van der Waals surface area contributed by atoms with Gasteiger partial charge in [-0.05, 0) is 12.1 Å². The fraction of sp³-hybridized carbons (Fsp3) is 0.300. The Morgan fingerprint density at radius 1 is 1.29 bits per heavy atom. The molecule has 3 nitrogen and oxygen atoms in total. The summed E-state index contributed by atoms with van der Waals surface area (Å²) in [6.07, 6.45) is -4.62. The van der Waals surface area contributed by atoms with Crippen LogP contribution in [0.3, 0.4) is 0 Å². The average molecular weight is 265 g/mol. The largest absolute Gasteiger partial charge is 0.431 e. The highest BCUT2D eigenvalue weighted by Gasteiger charge is 2.58. The van der Waals surface area contributed by atoms with E-state index in [0.717, 1.165) is 0 Å². The van der Waals surface area contributed by atoms with Crippen LogP contribution in [0.1, 0.15) is 5.56 Å². The molecular formula is C10H8ClF3N2O. The van der Waals surface area contributed by atoms with Crippen LogP contribution in [0.15, 0.2) is 35.3 Å². The number of hydrogen-bond acceptors (Lipinski definition) is 3. The lowest BCUT2D eigenvalue weighted by atomic mass is 10.2. The molecule has 1 aromatic rings. The van der Waals surface area contributed by atoms with Gasteiger partial charge < -0.3 is 4.84 Å². The van der Waals surface area contributed by atoms with Crippen molar-refractivity contribution in [1.82, 2.24) is 5.48 Å². The monoisotopic (exact) mass is 264 g/mol. The van der Waals surface area contributed by atoms with Crippen molar-refractivity contribution in [3.63, 3.8) is 0 Å². The Labute approximate surface area is 100 Å². The van der Waals surface area contributed by atoms with Gasteiger partial charge in [-0.25, -0.2) is 4.99 Å². The van der Waals surface area contributed by atoms with Gasteiger partial charge in [-0.15, -0.1) is 17.1 Å². The van der Waals surface area contributed by atoms with Gasteiger partial charge in [-0.1, -0.05) is 18.2 Å². The summed E-state index contributed by atoms with van der Waals surface area (Å²) < 4.78 is 38.3. The normalized spacial score (nSPS) is 24.4. The van der Waals surface area contributed by atoms with Crippen molar-refractivity contribution in [2.24, 2.45) is 4.99 Å². The number of nitrogens with zero attached hydrogens (tertiary/aromatic N) is 1. The van der Waals surface area contributed by atoms with Crippen molar-refractivity contribution in [2.75, 3.05) is 5.88 Å². The van der Waals surface area contributed by atoms with Crippen molar-refractivity contribution in [3.8, 4) is 0 Å². The molecule has 1 heterocycles. The fourth-order valence-electron chi connectivity index (χ4n) is 1.31. The molecule has 0 spiro atoms. The minimum absolute atomic E-state index is 0.122. The molecule has 0 amide bonds. The van der Waals surface area contributed by atoms with E-state index >= 15 is 0 Å². The quantitative estimate of drug-likeness (QED) is 0.833. The summed E-state index contributed by atoms with van der Waals surface area (Å²) in [5.41, 5.74) is -0.267. The Bertz CT molecular complexity index is 435. The molecule has 1 aromatic carbocycles. The first-order valence-corrected chi connectivity index (χ1v) is 5.24. The molecule has 0 aromatic heterocycles. The summed E-state index contributed by atoms with van der Waals surface area (Å²) in [7, 11) is 0. The predicted octanol–water partition coefficient (Wildman–Crippen LogP) is 2.47. The summed E-state index contributed by atoms with van der Waals surface area (Å²) in [6, 6.07) is 8.29. The summed E-state index contributed by atoms with van der Waals surface area (Å²) in [5, 5.41) is 0. The van der Waals surface area contributed by atoms with Crippen LogP contribution < -0.4 is 5.48 Å². The smallest absolute Gasteiger partial charge is 0.385 e. The van der Waals surface area contributed by atoms with Crippen molar-refractivity contribution >= 4 is 17.5 Å². The molecule has 1 aliphatic rings. The molecule has 0 fully saturated rings. The molecule has 7 heteroatoms. The second-order valence-corrected chi connectivity index (χ2v) is 3.75. The molecule has 1 aliphatic heterocycles.